The average Bonchev–Trinajstić information content (AvgIpc) is 2.18. The quantitative estimate of drug-likeness (QED) is 0.663. The summed E-state index contributed by atoms with van der Waals surface area (Å²) in [6, 6.07) is 7.37. The molecule has 13 heavy (non-hydrogen) atoms. The van der Waals surface area contributed by atoms with Crippen molar-refractivity contribution >= 4 is 5.97 Å². The second-order valence-corrected chi connectivity index (χ2v) is 2.63. The highest BCUT2D eigenvalue weighted by atomic mass is 16.5. The lowest BCUT2D eigenvalue weighted by molar-refractivity contribution is 0.0526. The van der Waals surface area contributed by atoms with Crippen LogP contribution in [0.15, 0.2) is 24.3 Å². The van der Waals surface area contributed by atoms with Crippen LogP contribution < -0.4 is 0 Å². The lowest BCUT2D eigenvalue weighted by Crippen LogP contribution is -2.04. The van der Waals surface area contributed by atoms with Crippen molar-refractivity contribution in [3.63, 3.8) is 0 Å². The van der Waals surface area contributed by atoms with Crippen LogP contribution in [0.5, 0.6) is 0 Å². The Morgan fingerprint density at radius 1 is 1.54 bits per heavy atom. The Morgan fingerprint density at radius 3 is 2.92 bits per heavy atom. The standard InChI is InChI=1S/C11H13O2/c1-3-9-6-5-7-10(8-9)11(12)13-4-2/h3,5-8H,4H2,1-2H3. The number of rotatable bonds is 3. The summed E-state index contributed by atoms with van der Waals surface area (Å²) < 4.78 is 4.87. The predicted octanol–water partition coefficient (Wildman–Crippen LogP) is 2.44. The molecule has 0 aliphatic heterocycles. The van der Waals surface area contributed by atoms with E-state index in [1.54, 1.807) is 13.0 Å². The van der Waals surface area contributed by atoms with E-state index in [4.69, 9.17) is 4.74 Å². The van der Waals surface area contributed by atoms with Gasteiger partial charge >= 0.3 is 5.97 Å². The molecule has 0 N–H and O–H groups in total. The normalized spacial score (nSPS) is 9.69. The Bertz CT molecular complexity index is 292. The minimum atomic E-state index is -0.258. The number of carbonyl (C=O) groups excluding carboxylic acids is 1. The molecule has 0 fully saturated rings. The molecule has 2 nitrogen and oxygen atoms in total. The van der Waals surface area contributed by atoms with Crippen LogP contribution >= 0.6 is 0 Å². The molecule has 69 valence electrons. The van der Waals surface area contributed by atoms with Crippen molar-refractivity contribution < 1.29 is 9.53 Å². The minimum absolute atomic E-state index is 0.258. The molecule has 0 amide bonds. The Kier molecular flexibility index (Phi) is 3.50. The first-order chi connectivity index (χ1) is 6.27. The van der Waals surface area contributed by atoms with Crippen molar-refractivity contribution in [1.82, 2.24) is 0 Å². The summed E-state index contributed by atoms with van der Waals surface area (Å²) in [4.78, 5) is 11.3. The summed E-state index contributed by atoms with van der Waals surface area (Å²) in [5, 5.41) is 0. The number of hydrogen-bond acceptors (Lipinski definition) is 2. The molecule has 0 aliphatic carbocycles. The maximum atomic E-state index is 11.3. The van der Waals surface area contributed by atoms with Crippen molar-refractivity contribution in [1.29, 1.82) is 0 Å². The number of hydrogen-bond donors (Lipinski definition) is 0. The molecular weight excluding hydrogens is 164 g/mol. The number of benzene rings is 1. The summed E-state index contributed by atoms with van der Waals surface area (Å²) in [5.41, 5.74) is 1.64. The first-order valence-corrected chi connectivity index (χ1v) is 4.34. The molecule has 0 saturated carbocycles. The van der Waals surface area contributed by atoms with Gasteiger partial charge in [-0.05, 0) is 31.0 Å². The third-order valence-corrected chi connectivity index (χ3v) is 1.73. The van der Waals surface area contributed by atoms with Crippen LogP contribution in [0.25, 0.3) is 0 Å². The van der Waals surface area contributed by atoms with Gasteiger partial charge in [-0.2, -0.15) is 0 Å². The van der Waals surface area contributed by atoms with Crippen LogP contribution in [0.3, 0.4) is 0 Å². The van der Waals surface area contributed by atoms with Crippen LogP contribution in [0.4, 0.5) is 0 Å². The molecule has 0 aromatic heterocycles. The number of esters is 1. The SMILES string of the molecule is C[CH]c1cccc(C(=O)OCC)c1. The molecule has 1 radical (unpaired) electrons. The molecule has 0 saturated heterocycles. The maximum absolute atomic E-state index is 11.3. The second kappa shape index (κ2) is 4.65. The fourth-order valence-electron chi connectivity index (χ4n) is 1.06. The van der Waals surface area contributed by atoms with Crippen LogP contribution in [0.2, 0.25) is 0 Å². The van der Waals surface area contributed by atoms with Crippen LogP contribution in [-0.4, -0.2) is 12.6 Å². The van der Waals surface area contributed by atoms with Gasteiger partial charge in [0.1, 0.15) is 0 Å². The van der Waals surface area contributed by atoms with E-state index < -0.39 is 0 Å². The number of ether oxygens (including phenoxy) is 1. The Labute approximate surface area is 78.5 Å². The molecule has 0 bridgehead atoms. The van der Waals surface area contributed by atoms with Gasteiger partial charge in [0.2, 0.25) is 0 Å². The molecule has 2 heteroatoms. The molecule has 0 heterocycles. The van der Waals surface area contributed by atoms with Crippen molar-refractivity contribution in [2.75, 3.05) is 6.61 Å². The van der Waals surface area contributed by atoms with E-state index in [0.29, 0.717) is 12.2 Å². The maximum Gasteiger partial charge on any atom is 0.338 e. The fraction of sp³-hybridized carbons (Fsp3) is 0.273. The highest BCUT2D eigenvalue weighted by molar-refractivity contribution is 5.89. The molecule has 0 atom stereocenters. The molecule has 0 aliphatic rings. The smallest absolute Gasteiger partial charge is 0.338 e. The molecule has 0 spiro atoms. The number of carbonyl (C=O) groups is 1. The highest BCUT2D eigenvalue weighted by Crippen LogP contribution is 2.08. The summed E-state index contributed by atoms with van der Waals surface area (Å²) in [6.45, 7) is 4.15. The van der Waals surface area contributed by atoms with E-state index >= 15 is 0 Å². The van der Waals surface area contributed by atoms with Gasteiger partial charge in [-0.3, -0.25) is 0 Å². The van der Waals surface area contributed by atoms with E-state index in [2.05, 4.69) is 0 Å². The summed E-state index contributed by atoms with van der Waals surface area (Å²) in [5.74, 6) is -0.258. The second-order valence-electron chi connectivity index (χ2n) is 2.63. The first kappa shape index (κ1) is 9.78. The zero-order valence-electron chi connectivity index (χ0n) is 7.91. The van der Waals surface area contributed by atoms with E-state index in [1.165, 1.54) is 0 Å². The average molecular weight is 177 g/mol. The monoisotopic (exact) mass is 177 g/mol. The van der Waals surface area contributed by atoms with Crippen molar-refractivity contribution in [3.05, 3.63) is 41.8 Å². The molecular formula is C11H13O2. The van der Waals surface area contributed by atoms with Gasteiger partial charge in [0.15, 0.2) is 0 Å². The lowest BCUT2D eigenvalue weighted by atomic mass is 10.1. The Hall–Kier alpha value is -1.31. The van der Waals surface area contributed by atoms with Gasteiger partial charge in [0.25, 0.3) is 0 Å². The van der Waals surface area contributed by atoms with Gasteiger partial charge < -0.3 is 4.74 Å². The van der Waals surface area contributed by atoms with Crippen molar-refractivity contribution in [2.24, 2.45) is 0 Å². The molecule has 1 rings (SSSR count). The molecule has 1 aromatic rings. The summed E-state index contributed by atoms with van der Waals surface area (Å²) >= 11 is 0. The van der Waals surface area contributed by atoms with Crippen LogP contribution in [0.1, 0.15) is 29.8 Å². The summed E-state index contributed by atoms with van der Waals surface area (Å²) in [6.07, 6.45) is 1.95. The van der Waals surface area contributed by atoms with Crippen LogP contribution in [-0.2, 0) is 4.74 Å². The molecule has 0 unspecified atom stereocenters. The van der Waals surface area contributed by atoms with E-state index in [9.17, 15) is 4.79 Å². The zero-order chi connectivity index (χ0) is 9.68. The topological polar surface area (TPSA) is 26.3 Å². The van der Waals surface area contributed by atoms with Gasteiger partial charge in [-0.15, -0.1) is 0 Å². The zero-order valence-corrected chi connectivity index (χ0v) is 7.91. The van der Waals surface area contributed by atoms with E-state index in [-0.39, 0.29) is 5.97 Å². The van der Waals surface area contributed by atoms with Gasteiger partial charge in [-0.25, -0.2) is 4.79 Å². The Morgan fingerprint density at radius 2 is 2.31 bits per heavy atom. The van der Waals surface area contributed by atoms with Crippen molar-refractivity contribution in [2.45, 2.75) is 13.8 Å². The molecule has 1 aromatic carbocycles. The van der Waals surface area contributed by atoms with Crippen LogP contribution in [0, 0.1) is 6.42 Å². The third-order valence-electron chi connectivity index (χ3n) is 1.73. The predicted molar refractivity (Wildman–Crippen MR) is 51.5 cm³/mol. The van der Waals surface area contributed by atoms with Gasteiger partial charge in [0.05, 0.1) is 12.2 Å². The van der Waals surface area contributed by atoms with Gasteiger partial charge in [0, 0.05) is 0 Å². The van der Waals surface area contributed by atoms with Crippen molar-refractivity contribution in [3.8, 4) is 0 Å². The third kappa shape index (κ3) is 2.58. The lowest BCUT2D eigenvalue weighted by Gasteiger charge is -2.02. The van der Waals surface area contributed by atoms with E-state index in [1.807, 2.05) is 31.5 Å². The fourth-order valence-corrected chi connectivity index (χ4v) is 1.06. The van der Waals surface area contributed by atoms with Gasteiger partial charge in [-0.1, -0.05) is 19.1 Å². The summed E-state index contributed by atoms with van der Waals surface area (Å²) in [7, 11) is 0. The minimum Gasteiger partial charge on any atom is -0.462 e. The largest absolute Gasteiger partial charge is 0.462 e. The van der Waals surface area contributed by atoms with E-state index in [0.717, 1.165) is 5.56 Å². The first-order valence-electron chi connectivity index (χ1n) is 4.34. The highest BCUT2D eigenvalue weighted by Gasteiger charge is 2.05. The Balaban J connectivity index is 2.82.